The highest BCUT2D eigenvalue weighted by Crippen LogP contribution is 2.35. The van der Waals surface area contributed by atoms with Crippen LogP contribution in [0.5, 0.6) is 5.75 Å². The van der Waals surface area contributed by atoms with E-state index in [1.807, 2.05) is 58.0 Å². The van der Waals surface area contributed by atoms with Gasteiger partial charge >= 0.3 is 6.09 Å². The fraction of sp³-hybridized carbons (Fsp3) is 0.632. The highest BCUT2D eigenvalue weighted by atomic mass is 16.6. The first kappa shape index (κ1) is 19.5. The van der Waals surface area contributed by atoms with Gasteiger partial charge in [-0.05, 0) is 71.0 Å². The third kappa shape index (κ3) is 5.34. The lowest BCUT2D eigenvalue weighted by atomic mass is 9.91. The summed E-state index contributed by atoms with van der Waals surface area (Å²) in [6.07, 6.45) is 0.907. The molecule has 1 aromatic rings. The van der Waals surface area contributed by atoms with Crippen molar-refractivity contribution in [3.8, 4) is 5.75 Å². The molecule has 1 atom stereocenters. The Bertz CT molecular complexity index is 596. The third-order valence-corrected chi connectivity index (χ3v) is 3.99. The van der Waals surface area contributed by atoms with E-state index in [9.17, 15) is 9.90 Å². The standard InChI is InChI=1S/C19H30N2O4/c1-19(2,3)25-18(23)21-10-8-14-12-15(24-13-20(4)5)6-7-16(14)17(21)9-11-22/h6-7,12,17,22H,8-11,13H2,1-5H3. The number of hydrogen-bond acceptors (Lipinski definition) is 5. The number of fused-ring (bicyclic) bond motifs is 1. The normalized spacial score (nSPS) is 17.4. The average Bonchev–Trinajstić information content (AvgIpc) is 2.51. The number of aliphatic hydroxyl groups is 1. The van der Waals surface area contributed by atoms with E-state index in [0.717, 1.165) is 23.3 Å². The molecule has 0 aliphatic carbocycles. The Balaban J connectivity index is 2.21. The molecule has 1 aliphatic rings. The molecule has 6 nitrogen and oxygen atoms in total. The molecule has 0 fully saturated rings. The minimum Gasteiger partial charge on any atom is -0.478 e. The Morgan fingerprint density at radius 3 is 2.68 bits per heavy atom. The largest absolute Gasteiger partial charge is 0.478 e. The molecule has 1 N–H and O–H groups in total. The summed E-state index contributed by atoms with van der Waals surface area (Å²) < 4.78 is 11.3. The van der Waals surface area contributed by atoms with Crippen LogP contribution in [0.25, 0.3) is 0 Å². The zero-order valence-electron chi connectivity index (χ0n) is 15.9. The molecule has 0 saturated carbocycles. The van der Waals surface area contributed by atoms with Crippen molar-refractivity contribution < 1.29 is 19.4 Å². The molecule has 1 aromatic carbocycles. The van der Waals surface area contributed by atoms with Gasteiger partial charge in [0, 0.05) is 13.2 Å². The van der Waals surface area contributed by atoms with E-state index in [-0.39, 0.29) is 18.7 Å². The monoisotopic (exact) mass is 350 g/mol. The number of hydrogen-bond donors (Lipinski definition) is 1. The van der Waals surface area contributed by atoms with Crippen LogP contribution in [-0.2, 0) is 11.2 Å². The minimum atomic E-state index is -0.537. The Morgan fingerprint density at radius 2 is 2.08 bits per heavy atom. The van der Waals surface area contributed by atoms with E-state index in [4.69, 9.17) is 9.47 Å². The molecular formula is C19H30N2O4. The Morgan fingerprint density at radius 1 is 1.36 bits per heavy atom. The predicted octanol–water partition coefficient (Wildman–Crippen LogP) is 2.80. The fourth-order valence-electron chi connectivity index (χ4n) is 2.95. The van der Waals surface area contributed by atoms with Crippen LogP contribution in [0.2, 0.25) is 0 Å². The lowest BCUT2D eigenvalue weighted by Crippen LogP contribution is -2.43. The van der Waals surface area contributed by atoms with Gasteiger partial charge < -0.3 is 19.5 Å². The van der Waals surface area contributed by atoms with Gasteiger partial charge in [0.05, 0.1) is 6.04 Å². The van der Waals surface area contributed by atoms with Crippen LogP contribution < -0.4 is 4.74 Å². The maximum Gasteiger partial charge on any atom is 0.410 e. The number of carbonyl (C=O) groups is 1. The summed E-state index contributed by atoms with van der Waals surface area (Å²) in [6, 6.07) is 5.78. The molecule has 1 heterocycles. The highest BCUT2D eigenvalue weighted by molar-refractivity contribution is 5.69. The second-order valence-corrected chi connectivity index (χ2v) is 7.67. The van der Waals surface area contributed by atoms with Crippen molar-refractivity contribution in [1.82, 2.24) is 9.80 Å². The lowest BCUT2D eigenvalue weighted by molar-refractivity contribution is 0.0116. The van der Waals surface area contributed by atoms with Gasteiger partial charge in [0.15, 0.2) is 0 Å². The van der Waals surface area contributed by atoms with E-state index in [0.29, 0.717) is 19.7 Å². The van der Waals surface area contributed by atoms with Crippen molar-refractivity contribution in [2.45, 2.75) is 45.3 Å². The van der Waals surface area contributed by atoms with E-state index < -0.39 is 5.60 Å². The van der Waals surface area contributed by atoms with Crippen LogP contribution >= 0.6 is 0 Å². The van der Waals surface area contributed by atoms with Crippen molar-refractivity contribution in [1.29, 1.82) is 0 Å². The number of amides is 1. The molecular weight excluding hydrogens is 320 g/mol. The van der Waals surface area contributed by atoms with Gasteiger partial charge in [-0.2, -0.15) is 0 Å². The number of benzene rings is 1. The summed E-state index contributed by atoms with van der Waals surface area (Å²) >= 11 is 0. The lowest BCUT2D eigenvalue weighted by Gasteiger charge is -2.38. The summed E-state index contributed by atoms with van der Waals surface area (Å²) in [7, 11) is 3.91. The highest BCUT2D eigenvalue weighted by Gasteiger charge is 2.33. The summed E-state index contributed by atoms with van der Waals surface area (Å²) in [5.74, 6) is 0.820. The molecule has 0 saturated heterocycles. The van der Waals surface area contributed by atoms with Crippen molar-refractivity contribution >= 4 is 6.09 Å². The Hall–Kier alpha value is -1.79. The van der Waals surface area contributed by atoms with Gasteiger partial charge in [-0.3, -0.25) is 4.90 Å². The summed E-state index contributed by atoms with van der Waals surface area (Å²) in [6.45, 7) is 6.68. The van der Waals surface area contributed by atoms with Crippen LogP contribution in [0.3, 0.4) is 0 Å². The van der Waals surface area contributed by atoms with E-state index in [1.54, 1.807) is 4.90 Å². The average molecular weight is 350 g/mol. The zero-order chi connectivity index (χ0) is 18.6. The molecule has 1 unspecified atom stereocenters. The number of carbonyl (C=O) groups excluding carboxylic acids is 1. The zero-order valence-corrected chi connectivity index (χ0v) is 15.9. The summed E-state index contributed by atoms with van der Waals surface area (Å²) in [4.78, 5) is 16.2. The SMILES string of the molecule is CN(C)COc1ccc2c(c1)CCN(C(=O)OC(C)(C)C)C2CCO. The molecule has 140 valence electrons. The van der Waals surface area contributed by atoms with E-state index in [2.05, 4.69) is 0 Å². The third-order valence-electron chi connectivity index (χ3n) is 3.99. The fourth-order valence-corrected chi connectivity index (χ4v) is 2.95. The predicted molar refractivity (Wildman–Crippen MR) is 96.7 cm³/mol. The smallest absolute Gasteiger partial charge is 0.410 e. The summed E-state index contributed by atoms with van der Waals surface area (Å²) in [5, 5.41) is 9.47. The van der Waals surface area contributed by atoms with Crippen LogP contribution in [-0.4, -0.2) is 60.6 Å². The first-order valence-corrected chi connectivity index (χ1v) is 8.72. The first-order valence-electron chi connectivity index (χ1n) is 8.72. The first-order chi connectivity index (χ1) is 11.7. The van der Waals surface area contributed by atoms with E-state index in [1.165, 1.54) is 0 Å². The topological polar surface area (TPSA) is 62.2 Å². The molecule has 0 aromatic heterocycles. The van der Waals surface area contributed by atoms with Crippen molar-refractivity contribution in [3.63, 3.8) is 0 Å². The maximum absolute atomic E-state index is 12.5. The molecule has 2 rings (SSSR count). The molecule has 0 bridgehead atoms. The molecule has 6 heteroatoms. The van der Waals surface area contributed by atoms with E-state index >= 15 is 0 Å². The quantitative estimate of drug-likeness (QED) is 0.828. The van der Waals surface area contributed by atoms with Crippen molar-refractivity contribution in [3.05, 3.63) is 29.3 Å². The van der Waals surface area contributed by atoms with Crippen LogP contribution in [0.4, 0.5) is 4.79 Å². The Labute approximate surface area is 150 Å². The second-order valence-electron chi connectivity index (χ2n) is 7.67. The van der Waals surface area contributed by atoms with Crippen LogP contribution in [0.1, 0.15) is 44.4 Å². The molecule has 0 radical (unpaired) electrons. The summed E-state index contributed by atoms with van der Waals surface area (Å²) in [5.41, 5.74) is 1.68. The number of aliphatic hydroxyl groups excluding tert-OH is 1. The molecule has 25 heavy (non-hydrogen) atoms. The maximum atomic E-state index is 12.5. The Kier molecular flexibility index (Phi) is 6.30. The van der Waals surface area contributed by atoms with Crippen LogP contribution in [0, 0.1) is 0 Å². The molecule has 0 spiro atoms. The van der Waals surface area contributed by atoms with Gasteiger partial charge in [-0.1, -0.05) is 6.07 Å². The van der Waals surface area contributed by atoms with Gasteiger partial charge in [0.25, 0.3) is 0 Å². The van der Waals surface area contributed by atoms with Gasteiger partial charge in [-0.25, -0.2) is 4.79 Å². The van der Waals surface area contributed by atoms with Crippen LogP contribution in [0.15, 0.2) is 18.2 Å². The second kappa shape index (κ2) is 8.06. The molecule has 1 aliphatic heterocycles. The van der Waals surface area contributed by atoms with Gasteiger partial charge in [-0.15, -0.1) is 0 Å². The van der Waals surface area contributed by atoms with Gasteiger partial charge in [0.1, 0.15) is 18.1 Å². The molecule has 1 amide bonds. The minimum absolute atomic E-state index is 0.0162. The number of nitrogens with zero attached hydrogens (tertiary/aromatic N) is 2. The number of rotatable bonds is 5. The number of ether oxygens (including phenoxy) is 2. The van der Waals surface area contributed by atoms with Crippen molar-refractivity contribution in [2.24, 2.45) is 0 Å². The van der Waals surface area contributed by atoms with Crippen molar-refractivity contribution in [2.75, 3.05) is 34.0 Å². The van der Waals surface area contributed by atoms with Gasteiger partial charge in [0.2, 0.25) is 0 Å².